The van der Waals surface area contributed by atoms with E-state index in [0.717, 1.165) is 17.1 Å². The summed E-state index contributed by atoms with van der Waals surface area (Å²) in [7, 11) is 1.25. The van der Waals surface area contributed by atoms with E-state index < -0.39 is 17.3 Å². The second kappa shape index (κ2) is 5.73. The molecule has 0 aliphatic heterocycles. The maximum atomic E-state index is 13.8. The number of esters is 1. The molecule has 0 spiro atoms. The fourth-order valence-corrected chi connectivity index (χ4v) is 2.15. The van der Waals surface area contributed by atoms with Crippen LogP contribution in [-0.4, -0.2) is 32.6 Å². The van der Waals surface area contributed by atoms with Gasteiger partial charge in [0, 0.05) is 0 Å². The zero-order valence-corrected chi connectivity index (χ0v) is 12.4. The molecule has 9 heteroatoms. The Morgan fingerprint density at radius 2 is 2.13 bits per heavy atom. The predicted octanol–water partition coefficient (Wildman–Crippen LogP) is 1.75. The average molecular weight is 335 g/mol. The van der Waals surface area contributed by atoms with Crippen molar-refractivity contribution in [2.75, 3.05) is 7.11 Å². The summed E-state index contributed by atoms with van der Waals surface area (Å²) < 4.78 is 19.3. The molecule has 23 heavy (non-hydrogen) atoms. The van der Waals surface area contributed by atoms with Crippen molar-refractivity contribution in [3.63, 3.8) is 0 Å². The van der Waals surface area contributed by atoms with Crippen LogP contribution in [0.1, 0.15) is 10.4 Å². The number of aromatic nitrogens is 4. The number of benzene rings is 1. The minimum atomic E-state index is -0.816. The average Bonchev–Trinajstić information content (AvgIpc) is 2.56. The van der Waals surface area contributed by atoms with E-state index in [2.05, 4.69) is 19.7 Å². The van der Waals surface area contributed by atoms with Gasteiger partial charge in [-0.15, -0.1) is 0 Å². The molecule has 3 aromatic rings. The van der Waals surface area contributed by atoms with E-state index in [1.807, 2.05) is 0 Å². The maximum Gasteiger partial charge on any atom is 0.337 e. The zero-order chi connectivity index (χ0) is 16.6. The highest BCUT2D eigenvalue weighted by molar-refractivity contribution is 6.28. The number of fused-ring (bicyclic) bond motifs is 1. The molecule has 0 unspecified atom stereocenters. The molecule has 116 valence electrons. The summed E-state index contributed by atoms with van der Waals surface area (Å²) in [6, 6.07) is 4.25. The minimum Gasteiger partial charge on any atom is -0.465 e. The number of rotatable bonds is 2. The van der Waals surface area contributed by atoms with Gasteiger partial charge in [-0.05, 0) is 29.8 Å². The molecule has 0 saturated carbocycles. The first kappa shape index (κ1) is 15.0. The first-order valence-electron chi connectivity index (χ1n) is 6.29. The SMILES string of the molecule is COC(=O)c1ccc2c(=O)n(-c3nc(Cl)ncc3F)cnc2c1. The number of nitrogens with zero attached hydrogens (tertiary/aromatic N) is 4. The molecule has 0 amide bonds. The summed E-state index contributed by atoms with van der Waals surface area (Å²) in [6.07, 6.45) is 1.97. The van der Waals surface area contributed by atoms with Crippen molar-refractivity contribution < 1.29 is 13.9 Å². The summed E-state index contributed by atoms with van der Waals surface area (Å²) in [5.74, 6) is -1.67. The Hall–Kier alpha value is -2.87. The number of hydrogen-bond donors (Lipinski definition) is 0. The third-order valence-electron chi connectivity index (χ3n) is 3.10. The van der Waals surface area contributed by atoms with Crippen molar-refractivity contribution >= 4 is 28.5 Å². The molecule has 3 rings (SSSR count). The van der Waals surface area contributed by atoms with Crippen molar-refractivity contribution in [2.24, 2.45) is 0 Å². The molecule has 0 bridgehead atoms. The quantitative estimate of drug-likeness (QED) is 0.524. The molecule has 0 radical (unpaired) electrons. The van der Waals surface area contributed by atoms with Crippen LogP contribution in [0.5, 0.6) is 0 Å². The van der Waals surface area contributed by atoms with E-state index in [9.17, 15) is 14.0 Å². The predicted molar refractivity (Wildman–Crippen MR) is 79.2 cm³/mol. The monoisotopic (exact) mass is 334 g/mol. The lowest BCUT2D eigenvalue weighted by Gasteiger charge is -2.07. The van der Waals surface area contributed by atoms with Gasteiger partial charge < -0.3 is 4.74 Å². The topological polar surface area (TPSA) is 87.0 Å². The molecule has 0 fully saturated rings. The van der Waals surface area contributed by atoms with E-state index in [1.54, 1.807) is 0 Å². The summed E-state index contributed by atoms with van der Waals surface area (Å²) in [6.45, 7) is 0. The molecular formula is C14H8ClFN4O3. The normalized spacial score (nSPS) is 10.7. The number of halogens is 2. The summed E-state index contributed by atoms with van der Waals surface area (Å²) >= 11 is 5.63. The van der Waals surface area contributed by atoms with Crippen LogP contribution in [0.15, 0.2) is 35.5 Å². The van der Waals surface area contributed by atoms with Crippen molar-refractivity contribution in [2.45, 2.75) is 0 Å². The van der Waals surface area contributed by atoms with Gasteiger partial charge in [-0.25, -0.2) is 23.7 Å². The second-order valence-electron chi connectivity index (χ2n) is 4.45. The van der Waals surface area contributed by atoms with E-state index in [1.165, 1.54) is 25.3 Å². The van der Waals surface area contributed by atoms with E-state index in [-0.39, 0.29) is 27.6 Å². The molecule has 7 nitrogen and oxygen atoms in total. The number of methoxy groups -OCH3 is 1. The minimum absolute atomic E-state index is 0.189. The number of ether oxygens (including phenoxy) is 1. The fraction of sp³-hybridized carbons (Fsp3) is 0.0714. The molecule has 0 N–H and O–H groups in total. The van der Waals surface area contributed by atoms with Crippen LogP contribution < -0.4 is 5.56 Å². The third-order valence-corrected chi connectivity index (χ3v) is 3.29. The smallest absolute Gasteiger partial charge is 0.337 e. The van der Waals surface area contributed by atoms with Gasteiger partial charge in [0.1, 0.15) is 6.33 Å². The van der Waals surface area contributed by atoms with Crippen LogP contribution in [0.4, 0.5) is 4.39 Å². The Labute approximate surface area is 133 Å². The molecule has 0 aliphatic rings. The van der Waals surface area contributed by atoms with E-state index in [0.29, 0.717) is 0 Å². The molecule has 1 aromatic carbocycles. The number of carbonyl (C=O) groups excluding carboxylic acids is 1. The van der Waals surface area contributed by atoms with Crippen LogP contribution in [0.3, 0.4) is 0 Å². The Morgan fingerprint density at radius 1 is 1.35 bits per heavy atom. The van der Waals surface area contributed by atoms with Crippen molar-refractivity contribution in [1.82, 2.24) is 19.5 Å². The molecular weight excluding hydrogens is 327 g/mol. The Balaban J connectivity index is 2.22. The first-order valence-corrected chi connectivity index (χ1v) is 6.67. The van der Waals surface area contributed by atoms with E-state index in [4.69, 9.17) is 11.6 Å². The van der Waals surface area contributed by atoms with Gasteiger partial charge in [0.05, 0.1) is 29.8 Å². The van der Waals surface area contributed by atoms with Gasteiger partial charge in [0.2, 0.25) is 5.28 Å². The van der Waals surface area contributed by atoms with Gasteiger partial charge >= 0.3 is 5.97 Å². The summed E-state index contributed by atoms with van der Waals surface area (Å²) in [5, 5.41) is -0.0104. The van der Waals surface area contributed by atoms with Gasteiger partial charge in [-0.2, -0.15) is 4.98 Å². The molecule has 0 aliphatic carbocycles. The first-order chi connectivity index (χ1) is 11.0. The highest BCUT2D eigenvalue weighted by atomic mass is 35.5. The Kier molecular flexibility index (Phi) is 3.75. The van der Waals surface area contributed by atoms with Crippen LogP contribution in [-0.2, 0) is 4.74 Å². The lowest BCUT2D eigenvalue weighted by molar-refractivity contribution is 0.0601. The van der Waals surface area contributed by atoms with Gasteiger partial charge in [-0.3, -0.25) is 4.79 Å². The van der Waals surface area contributed by atoms with Gasteiger partial charge in [-0.1, -0.05) is 0 Å². The maximum absolute atomic E-state index is 13.8. The third kappa shape index (κ3) is 2.64. The Bertz CT molecular complexity index is 989. The second-order valence-corrected chi connectivity index (χ2v) is 4.79. The van der Waals surface area contributed by atoms with Gasteiger partial charge in [0.15, 0.2) is 11.6 Å². The number of hydrogen-bond acceptors (Lipinski definition) is 6. The lowest BCUT2D eigenvalue weighted by Crippen LogP contribution is -2.21. The van der Waals surface area contributed by atoms with Crippen LogP contribution in [0.2, 0.25) is 5.28 Å². The molecule has 0 saturated heterocycles. The van der Waals surface area contributed by atoms with Crippen molar-refractivity contribution in [3.05, 3.63) is 57.7 Å². The lowest BCUT2D eigenvalue weighted by atomic mass is 10.1. The van der Waals surface area contributed by atoms with Crippen LogP contribution in [0.25, 0.3) is 16.7 Å². The van der Waals surface area contributed by atoms with Crippen molar-refractivity contribution in [1.29, 1.82) is 0 Å². The largest absolute Gasteiger partial charge is 0.465 e. The summed E-state index contributed by atoms with van der Waals surface area (Å²) in [5.41, 5.74) is -0.0318. The summed E-state index contributed by atoms with van der Waals surface area (Å²) in [4.78, 5) is 35.2. The van der Waals surface area contributed by atoms with Crippen LogP contribution >= 0.6 is 11.6 Å². The van der Waals surface area contributed by atoms with Gasteiger partial charge in [0.25, 0.3) is 5.56 Å². The molecule has 2 heterocycles. The van der Waals surface area contributed by atoms with Crippen LogP contribution in [0, 0.1) is 5.82 Å². The highest BCUT2D eigenvalue weighted by Gasteiger charge is 2.14. The highest BCUT2D eigenvalue weighted by Crippen LogP contribution is 2.14. The fourth-order valence-electron chi connectivity index (χ4n) is 2.02. The zero-order valence-electron chi connectivity index (χ0n) is 11.7. The molecule has 2 aromatic heterocycles. The van der Waals surface area contributed by atoms with E-state index >= 15 is 0 Å². The molecule has 0 atom stereocenters. The Morgan fingerprint density at radius 3 is 2.87 bits per heavy atom. The number of carbonyl (C=O) groups is 1. The van der Waals surface area contributed by atoms with Crippen molar-refractivity contribution in [3.8, 4) is 5.82 Å². The standard InChI is InChI=1S/C14H8ClFN4O3/c1-23-13(22)7-2-3-8-10(4-7)18-6-20(12(8)21)11-9(16)5-17-14(15)19-11/h2-6H,1H3.